The van der Waals surface area contributed by atoms with Crippen LogP contribution < -0.4 is 14.8 Å². The number of nitrogens with zero attached hydrogens (tertiary/aromatic N) is 2. The molecule has 0 bridgehead atoms. The van der Waals surface area contributed by atoms with Crippen LogP contribution in [0.4, 0.5) is 5.13 Å². The number of carbonyl (C=O) groups is 1. The minimum atomic E-state index is -3.65. The molecule has 164 valence electrons. The van der Waals surface area contributed by atoms with Crippen LogP contribution in [0.15, 0.2) is 42.5 Å². The molecule has 0 saturated carbocycles. The quantitative estimate of drug-likeness (QED) is 0.499. The molecule has 0 fully saturated rings. The maximum absolute atomic E-state index is 12.3. The molecule has 0 saturated heterocycles. The van der Waals surface area contributed by atoms with Gasteiger partial charge in [-0.15, -0.1) is 10.2 Å². The summed E-state index contributed by atoms with van der Waals surface area (Å²) in [7, 11) is -0.528. The van der Waals surface area contributed by atoms with E-state index >= 15 is 0 Å². The molecular weight excluding hydrogens is 462 g/mol. The molecule has 0 spiro atoms. The van der Waals surface area contributed by atoms with Crippen molar-refractivity contribution in [1.82, 2.24) is 10.2 Å². The molecule has 8 nitrogen and oxygen atoms in total. The van der Waals surface area contributed by atoms with Gasteiger partial charge < -0.3 is 9.47 Å². The number of carbonyl (C=O) groups excluding carboxylic acids is 1. The van der Waals surface area contributed by atoms with Gasteiger partial charge in [0.15, 0.2) is 21.3 Å². The van der Waals surface area contributed by atoms with Crippen molar-refractivity contribution in [2.24, 2.45) is 0 Å². The van der Waals surface area contributed by atoms with Gasteiger partial charge in [-0.25, -0.2) is 8.42 Å². The Morgan fingerprint density at radius 3 is 2.39 bits per heavy atom. The average Bonchev–Trinajstić information content (AvgIpc) is 3.15. The van der Waals surface area contributed by atoms with Crippen molar-refractivity contribution in [2.45, 2.75) is 12.2 Å². The third-order valence-electron chi connectivity index (χ3n) is 4.17. The number of aromatic nitrogens is 2. The fourth-order valence-electron chi connectivity index (χ4n) is 2.78. The number of sulfone groups is 1. The average molecular weight is 482 g/mol. The number of benzene rings is 2. The summed E-state index contributed by atoms with van der Waals surface area (Å²) in [6.07, 6.45) is 0.475. The lowest BCUT2D eigenvalue weighted by molar-refractivity contribution is -0.113. The summed E-state index contributed by atoms with van der Waals surface area (Å²) in [5.74, 6) is -0.346. The Bertz CT molecular complexity index is 1160. The zero-order valence-electron chi connectivity index (χ0n) is 16.8. The van der Waals surface area contributed by atoms with Crippen molar-refractivity contribution >= 4 is 43.8 Å². The minimum absolute atomic E-state index is 0.238. The van der Waals surface area contributed by atoms with Gasteiger partial charge in [-0.2, -0.15) is 0 Å². The van der Waals surface area contributed by atoms with E-state index in [1.54, 1.807) is 44.6 Å². The van der Waals surface area contributed by atoms with Crippen molar-refractivity contribution in [2.75, 3.05) is 25.3 Å². The number of hydrogen-bond donors (Lipinski definition) is 1. The third kappa shape index (κ3) is 6.65. The molecule has 0 radical (unpaired) electrons. The first-order chi connectivity index (χ1) is 14.8. The highest BCUT2D eigenvalue weighted by Gasteiger charge is 2.19. The Kier molecular flexibility index (Phi) is 7.47. The van der Waals surface area contributed by atoms with E-state index in [1.807, 2.05) is 12.1 Å². The molecule has 31 heavy (non-hydrogen) atoms. The van der Waals surface area contributed by atoms with Crippen molar-refractivity contribution in [3.8, 4) is 11.5 Å². The summed E-state index contributed by atoms with van der Waals surface area (Å²) in [4.78, 5) is 12.2. The predicted octanol–water partition coefficient (Wildman–Crippen LogP) is 3.35. The highest BCUT2D eigenvalue weighted by molar-refractivity contribution is 7.91. The Morgan fingerprint density at radius 2 is 1.71 bits per heavy atom. The van der Waals surface area contributed by atoms with Gasteiger partial charge in [0, 0.05) is 11.4 Å². The molecule has 3 rings (SSSR count). The van der Waals surface area contributed by atoms with Gasteiger partial charge in [0.25, 0.3) is 0 Å². The van der Waals surface area contributed by atoms with E-state index in [0.29, 0.717) is 33.5 Å². The molecule has 0 aliphatic heterocycles. The summed E-state index contributed by atoms with van der Waals surface area (Å²) in [6, 6.07) is 11.9. The smallest absolute Gasteiger partial charge is 0.241 e. The lowest BCUT2D eigenvalue weighted by Crippen LogP contribution is -2.23. The van der Waals surface area contributed by atoms with Crippen LogP contribution >= 0.6 is 22.9 Å². The Hall–Kier alpha value is -2.69. The van der Waals surface area contributed by atoms with Gasteiger partial charge in [0.2, 0.25) is 11.0 Å². The fourth-order valence-corrected chi connectivity index (χ4v) is 4.97. The molecule has 11 heteroatoms. The minimum Gasteiger partial charge on any atom is -0.493 e. The summed E-state index contributed by atoms with van der Waals surface area (Å²) in [6.45, 7) is 0. The standard InChI is InChI=1S/C20H20ClN3O5S2/c1-28-16-8-5-14(9-17(16)29-2)10-19-23-24-20(30-19)22-18(25)12-31(26,27)11-13-3-6-15(21)7-4-13/h3-9H,10-12H2,1-2H3,(H,22,24,25). The van der Waals surface area contributed by atoms with Crippen LogP contribution in [0, 0.1) is 0 Å². The van der Waals surface area contributed by atoms with Crippen molar-refractivity contribution in [3.05, 3.63) is 63.6 Å². The first kappa shape index (κ1) is 23.0. The molecule has 0 atom stereocenters. The highest BCUT2D eigenvalue weighted by atomic mass is 35.5. The number of amides is 1. The number of rotatable bonds is 9. The summed E-state index contributed by atoms with van der Waals surface area (Å²) < 4.78 is 35.1. The lowest BCUT2D eigenvalue weighted by atomic mass is 10.1. The van der Waals surface area contributed by atoms with E-state index in [4.69, 9.17) is 21.1 Å². The molecule has 1 aromatic heterocycles. The summed E-state index contributed by atoms with van der Waals surface area (Å²) in [5, 5.41) is 11.9. The predicted molar refractivity (Wildman–Crippen MR) is 120 cm³/mol. The van der Waals surface area contributed by atoms with Gasteiger partial charge in [-0.05, 0) is 35.4 Å². The van der Waals surface area contributed by atoms with Gasteiger partial charge in [-0.1, -0.05) is 41.1 Å². The SMILES string of the molecule is COc1ccc(Cc2nnc(NC(=O)CS(=O)(=O)Cc3ccc(Cl)cc3)s2)cc1OC. The molecular formula is C20H20ClN3O5S2. The molecule has 0 aliphatic carbocycles. The van der Waals surface area contributed by atoms with Gasteiger partial charge in [0.1, 0.15) is 10.8 Å². The summed E-state index contributed by atoms with van der Waals surface area (Å²) in [5.41, 5.74) is 1.49. The van der Waals surface area contributed by atoms with Crippen LogP contribution in [-0.4, -0.2) is 44.5 Å². The zero-order chi connectivity index (χ0) is 22.4. The van der Waals surface area contributed by atoms with Crippen molar-refractivity contribution < 1.29 is 22.7 Å². The zero-order valence-corrected chi connectivity index (χ0v) is 19.2. The van der Waals surface area contributed by atoms with Crippen molar-refractivity contribution in [3.63, 3.8) is 0 Å². The first-order valence-electron chi connectivity index (χ1n) is 9.06. The Labute approximate surface area is 189 Å². The molecule has 3 aromatic rings. The number of anilines is 1. The second-order valence-corrected chi connectivity index (χ2v) is 10.1. The van der Waals surface area contributed by atoms with Crippen LogP contribution in [-0.2, 0) is 26.8 Å². The molecule has 1 amide bonds. The number of ether oxygens (including phenoxy) is 2. The second kappa shape index (κ2) is 10.1. The van der Waals surface area contributed by atoms with E-state index in [0.717, 1.165) is 5.56 Å². The topological polar surface area (TPSA) is 107 Å². The van der Waals surface area contributed by atoms with E-state index in [-0.39, 0.29) is 10.9 Å². The lowest BCUT2D eigenvalue weighted by Gasteiger charge is -2.08. The molecule has 0 aliphatic rings. The van der Waals surface area contributed by atoms with E-state index in [1.165, 1.54) is 11.3 Å². The maximum atomic E-state index is 12.3. The van der Waals surface area contributed by atoms with Crippen LogP contribution in [0.5, 0.6) is 11.5 Å². The highest BCUT2D eigenvalue weighted by Crippen LogP contribution is 2.29. The van der Waals surface area contributed by atoms with E-state index in [2.05, 4.69) is 15.5 Å². The number of hydrogen-bond acceptors (Lipinski definition) is 8. The number of methoxy groups -OCH3 is 2. The molecule has 1 heterocycles. The van der Waals surface area contributed by atoms with Gasteiger partial charge >= 0.3 is 0 Å². The molecule has 2 aromatic carbocycles. The third-order valence-corrected chi connectivity index (χ3v) is 6.73. The van der Waals surface area contributed by atoms with Gasteiger partial charge in [0.05, 0.1) is 20.0 Å². The number of nitrogens with one attached hydrogen (secondary N) is 1. The molecule has 1 N–H and O–H groups in total. The maximum Gasteiger partial charge on any atom is 0.241 e. The largest absolute Gasteiger partial charge is 0.493 e. The number of halogens is 1. The monoisotopic (exact) mass is 481 g/mol. The van der Waals surface area contributed by atoms with Crippen LogP contribution in [0.3, 0.4) is 0 Å². The van der Waals surface area contributed by atoms with Crippen LogP contribution in [0.1, 0.15) is 16.1 Å². The molecule has 0 unspecified atom stereocenters. The Balaban J connectivity index is 1.58. The van der Waals surface area contributed by atoms with E-state index < -0.39 is 21.5 Å². The van der Waals surface area contributed by atoms with Crippen LogP contribution in [0.2, 0.25) is 5.02 Å². The van der Waals surface area contributed by atoms with Crippen molar-refractivity contribution in [1.29, 1.82) is 0 Å². The summed E-state index contributed by atoms with van der Waals surface area (Å²) >= 11 is 6.98. The van der Waals surface area contributed by atoms with E-state index in [9.17, 15) is 13.2 Å². The fraction of sp³-hybridized carbons (Fsp3) is 0.250. The second-order valence-electron chi connectivity index (χ2n) is 6.57. The van der Waals surface area contributed by atoms with Crippen LogP contribution in [0.25, 0.3) is 0 Å². The van der Waals surface area contributed by atoms with Gasteiger partial charge in [-0.3, -0.25) is 10.1 Å². The Morgan fingerprint density at radius 1 is 1.03 bits per heavy atom. The first-order valence-corrected chi connectivity index (χ1v) is 12.1. The normalized spacial score (nSPS) is 11.2.